The van der Waals surface area contributed by atoms with Gasteiger partial charge in [-0.25, -0.2) is 23.4 Å². The van der Waals surface area contributed by atoms with E-state index in [0.717, 1.165) is 28.5 Å². The molecule has 12 heteroatoms. The highest BCUT2D eigenvalue weighted by Crippen LogP contribution is 2.32. The third-order valence-electron chi connectivity index (χ3n) is 5.85. The molecule has 2 aromatic heterocycles. The van der Waals surface area contributed by atoms with E-state index in [0.29, 0.717) is 46.6 Å². The first-order valence-electron chi connectivity index (χ1n) is 10.9. The van der Waals surface area contributed by atoms with Crippen LogP contribution in [0.25, 0.3) is 10.3 Å². The van der Waals surface area contributed by atoms with Crippen molar-refractivity contribution in [2.24, 2.45) is 0 Å². The predicted octanol–water partition coefficient (Wildman–Crippen LogP) is 4.66. The van der Waals surface area contributed by atoms with Gasteiger partial charge in [0.25, 0.3) is 0 Å². The third-order valence-corrected chi connectivity index (χ3v) is 9.43. The van der Waals surface area contributed by atoms with Crippen LogP contribution in [0, 0.1) is 0 Å². The Labute approximate surface area is 217 Å². The highest BCUT2D eigenvalue weighted by Gasteiger charge is 2.27. The van der Waals surface area contributed by atoms with E-state index in [-0.39, 0.29) is 4.90 Å². The van der Waals surface area contributed by atoms with Crippen LogP contribution in [-0.4, -0.2) is 65.8 Å². The smallest absolute Gasteiger partial charge is 0.243 e. The molecule has 1 fully saturated rings. The van der Waals surface area contributed by atoms with E-state index in [4.69, 9.17) is 28.2 Å². The molecule has 35 heavy (non-hydrogen) atoms. The zero-order valence-electron chi connectivity index (χ0n) is 18.8. The number of benzene rings is 2. The molecule has 0 bridgehead atoms. The van der Waals surface area contributed by atoms with E-state index < -0.39 is 10.0 Å². The molecule has 0 radical (unpaired) electrons. The molecule has 4 aromatic rings. The van der Waals surface area contributed by atoms with E-state index in [1.165, 1.54) is 22.0 Å². The molecule has 5 rings (SSSR count). The maximum absolute atomic E-state index is 13.0. The average Bonchev–Trinajstić information content (AvgIpc) is 3.26. The van der Waals surface area contributed by atoms with Gasteiger partial charge in [0.2, 0.25) is 10.0 Å². The number of nitrogens with zero attached hydrogens (tertiary/aromatic N) is 5. The fourth-order valence-corrected chi connectivity index (χ4v) is 6.71. The largest absolute Gasteiger partial charge is 0.338 e. The van der Waals surface area contributed by atoms with Crippen molar-refractivity contribution in [1.82, 2.24) is 24.2 Å². The fraction of sp³-hybridized carbons (Fsp3) is 0.261. The SMILES string of the molecule is CN1CCN(S(=O)(=O)c2ccc(Nc3ncnc4sc(Cc5c(Cl)cccc5Cl)nc34)cc2)CC1. The summed E-state index contributed by atoms with van der Waals surface area (Å²) in [6.07, 6.45) is 1.96. The lowest BCUT2D eigenvalue weighted by molar-refractivity contribution is 0.222. The maximum Gasteiger partial charge on any atom is 0.243 e. The number of sulfonamides is 1. The van der Waals surface area contributed by atoms with Crippen LogP contribution >= 0.6 is 34.5 Å². The molecule has 0 atom stereocenters. The number of nitrogens with one attached hydrogen (secondary N) is 1. The molecule has 0 spiro atoms. The molecular formula is C23H22Cl2N6O2S2. The summed E-state index contributed by atoms with van der Waals surface area (Å²) in [5.74, 6) is 0.539. The summed E-state index contributed by atoms with van der Waals surface area (Å²) in [4.78, 5) is 16.5. The standard InChI is InChI=1S/C23H22Cl2N6O2S2/c1-30-9-11-31(12-10-30)35(32,33)16-7-5-15(6-8-16)28-22-21-23(27-14-26-22)34-20(29-21)13-17-18(24)3-2-4-19(17)25/h2-8,14H,9-13H2,1H3,(H,26,27,28). The van der Waals surface area contributed by atoms with Gasteiger partial charge in [-0.1, -0.05) is 40.6 Å². The van der Waals surface area contributed by atoms with Crippen LogP contribution in [0.15, 0.2) is 53.7 Å². The van der Waals surface area contributed by atoms with Crippen molar-refractivity contribution < 1.29 is 8.42 Å². The highest BCUT2D eigenvalue weighted by atomic mass is 35.5. The van der Waals surface area contributed by atoms with Crippen molar-refractivity contribution in [2.75, 3.05) is 38.5 Å². The summed E-state index contributed by atoms with van der Waals surface area (Å²) in [6.45, 7) is 2.43. The van der Waals surface area contributed by atoms with Crippen LogP contribution < -0.4 is 5.32 Å². The van der Waals surface area contributed by atoms with Crippen LogP contribution in [0.3, 0.4) is 0 Å². The number of likely N-dealkylation sites (N-methyl/N-ethyl adjacent to an activating group) is 1. The molecule has 1 aliphatic rings. The minimum absolute atomic E-state index is 0.271. The van der Waals surface area contributed by atoms with Crippen LogP contribution in [0.4, 0.5) is 11.5 Å². The van der Waals surface area contributed by atoms with Crippen LogP contribution in [0.5, 0.6) is 0 Å². The maximum atomic E-state index is 13.0. The molecule has 182 valence electrons. The van der Waals surface area contributed by atoms with Gasteiger partial charge in [0.15, 0.2) is 5.82 Å². The Balaban J connectivity index is 1.36. The minimum atomic E-state index is -3.52. The molecule has 8 nitrogen and oxygen atoms in total. The molecule has 1 aliphatic heterocycles. The van der Waals surface area contributed by atoms with Gasteiger partial charge in [0.1, 0.15) is 21.7 Å². The normalized spacial score (nSPS) is 15.5. The van der Waals surface area contributed by atoms with Crippen LogP contribution in [0.2, 0.25) is 10.0 Å². The van der Waals surface area contributed by atoms with Gasteiger partial charge in [0.05, 0.1) is 4.90 Å². The molecule has 0 saturated carbocycles. The lowest BCUT2D eigenvalue weighted by Gasteiger charge is -2.31. The second-order valence-corrected chi connectivity index (χ2v) is 12.0. The first-order chi connectivity index (χ1) is 16.8. The van der Waals surface area contributed by atoms with Gasteiger partial charge in [-0.3, -0.25) is 0 Å². The molecule has 0 amide bonds. The van der Waals surface area contributed by atoms with Gasteiger partial charge in [-0.2, -0.15) is 4.31 Å². The van der Waals surface area contributed by atoms with E-state index in [1.807, 2.05) is 13.1 Å². The summed E-state index contributed by atoms with van der Waals surface area (Å²) in [5.41, 5.74) is 2.14. The quantitative estimate of drug-likeness (QED) is 0.374. The monoisotopic (exact) mass is 548 g/mol. The van der Waals surface area contributed by atoms with Gasteiger partial charge in [0, 0.05) is 48.3 Å². The van der Waals surface area contributed by atoms with E-state index in [1.54, 1.807) is 36.4 Å². The van der Waals surface area contributed by atoms with Crippen LogP contribution in [0.1, 0.15) is 10.6 Å². The van der Waals surface area contributed by atoms with Crippen molar-refractivity contribution in [3.63, 3.8) is 0 Å². The lowest BCUT2D eigenvalue weighted by Crippen LogP contribution is -2.46. The van der Waals surface area contributed by atoms with Crippen molar-refractivity contribution in [3.05, 3.63) is 69.4 Å². The Morgan fingerprint density at radius 1 is 1.00 bits per heavy atom. The van der Waals surface area contributed by atoms with Gasteiger partial charge >= 0.3 is 0 Å². The molecule has 0 unspecified atom stereocenters. The first-order valence-corrected chi connectivity index (χ1v) is 13.9. The second kappa shape index (κ2) is 9.96. The van der Waals surface area contributed by atoms with Crippen molar-refractivity contribution >= 4 is 66.4 Å². The zero-order chi connectivity index (χ0) is 24.6. The number of hydrogen-bond donors (Lipinski definition) is 1. The van der Waals surface area contributed by atoms with Gasteiger partial charge in [-0.15, -0.1) is 0 Å². The highest BCUT2D eigenvalue weighted by molar-refractivity contribution is 7.89. The van der Waals surface area contributed by atoms with E-state index in [9.17, 15) is 8.42 Å². The Bertz CT molecular complexity index is 1450. The molecule has 2 aromatic carbocycles. The Morgan fingerprint density at radius 3 is 2.37 bits per heavy atom. The van der Waals surface area contributed by atoms with Gasteiger partial charge in [-0.05, 0) is 49.0 Å². The summed E-state index contributed by atoms with van der Waals surface area (Å²) in [6, 6.07) is 12.1. The number of rotatable bonds is 6. The summed E-state index contributed by atoms with van der Waals surface area (Å²) in [7, 11) is -1.53. The zero-order valence-corrected chi connectivity index (χ0v) is 21.9. The van der Waals surface area contributed by atoms with Crippen molar-refractivity contribution in [1.29, 1.82) is 0 Å². The van der Waals surface area contributed by atoms with E-state index in [2.05, 4.69) is 20.2 Å². The van der Waals surface area contributed by atoms with Crippen molar-refractivity contribution in [3.8, 4) is 0 Å². The fourth-order valence-electron chi connectivity index (χ4n) is 3.84. The topological polar surface area (TPSA) is 91.3 Å². The number of piperazine rings is 1. The van der Waals surface area contributed by atoms with Crippen LogP contribution in [-0.2, 0) is 16.4 Å². The number of fused-ring (bicyclic) bond motifs is 1. The Hall–Kier alpha value is -2.34. The summed E-state index contributed by atoms with van der Waals surface area (Å²) >= 11 is 14.1. The molecule has 1 saturated heterocycles. The van der Waals surface area contributed by atoms with Gasteiger partial charge < -0.3 is 10.2 Å². The Morgan fingerprint density at radius 2 is 1.69 bits per heavy atom. The lowest BCUT2D eigenvalue weighted by atomic mass is 10.1. The number of halogens is 2. The molecule has 1 N–H and O–H groups in total. The third kappa shape index (κ3) is 5.13. The minimum Gasteiger partial charge on any atom is -0.338 e. The molecule has 3 heterocycles. The average molecular weight is 550 g/mol. The number of thiazole rings is 1. The molecule has 0 aliphatic carbocycles. The number of aromatic nitrogens is 3. The predicted molar refractivity (Wildman–Crippen MR) is 140 cm³/mol. The summed E-state index contributed by atoms with van der Waals surface area (Å²) in [5, 5.41) is 5.23. The first kappa shape index (κ1) is 24.4. The number of hydrogen-bond acceptors (Lipinski definition) is 8. The molecular weight excluding hydrogens is 527 g/mol. The second-order valence-electron chi connectivity index (χ2n) is 8.22. The number of anilines is 2. The summed E-state index contributed by atoms with van der Waals surface area (Å²) < 4.78 is 27.5. The van der Waals surface area contributed by atoms with E-state index >= 15 is 0 Å². The Kier molecular flexibility index (Phi) is 6.93. The van der Waals surface area contributed by atoms with Crippen molar-refractivity contribution in [2.45, 2.75) is 11.3 Å².